The molecule has 28 heavy (non-hydrogen) atoms. The van der Waals surface area contributed by atoms with E-state index in [9.17, 15) is 14.9 Å². The van der Waals surface area contributed by atoms with Gasteiger partial charge in [-0.3, -0.25) is 14.5 Å². The standard InChI is InChI=1S/C21H24N2O5/c1-5-28-10-6-9-23-20(24)17(14(2)18(13-22)21(23)25)11-15-7-8-16(26-3)12-19(15)27-4/h7-8,11-12H,5-6,9-10H2,1-4H3/b17-11+. The third kappa shape index (κ3) is 4.41. The summed E-state index contributed by atoms with van der Waals surface area (Å²) >= 11 is 0. The van der Waals surface area contributed by atoms with Crippen LogP contribution in [0, 0.1) is 11.3 Å². The van der Waals surface area contributed by atoms with Crippen molar-refractivity contribution >= 4 is 17.9 Å². The minimum Gasteiger partial charge on any atom is -0.497 e. The van der Waals surface area contributed by atoms with Gasteiger partial charge in [-0.05, 0) is 44.1 Å². The average molecular weight is 384 g/mol. The van der Waals surface area contributed by atoms with Crippen molar-refractivity contribution < 1.29 is 23.8 Å². The maximum Gasteiger partial charge on any atom is 0.271 e. The molecular formula is C21H24N2O5. The Balaban J connectivity index is 2.45. The summed E-state index contributed by atoms with van der Waals surface area (Å²) in [5.41, 5.74) is 1.26. The minimum atomic E-state index is -0.569. The Kier molecular flexibility index (Phi) is 7.36. The molecule has 7 nitrogen and oxygen atoms in total. The second-order valence-electron chi connectivity index (χ2n) is 6.09. The highest BCUT2D eigenvalue weighted by atomic mass is 16.5. The molecule has 148 valence electrons. The summed E-state index contributed by atoms with van der Waals surface area (Å²) in [4.78, 5) is 26.7. The smallest absolute Gasteiger partial charge is 0.271 e. The Hall–Kier alpha value is -3.11. The van der Waals surface area contributed by atoms with E-state index in [2.05, 4.69) is 0 Å². The third-order valence-electron chi connectivity index (χ3n) is 4.44. The zero-order valence-electron chi connectivity index (χ0n) is 16.6. The molecule has 0 bridgehead atoms. The van der Waals surface area contributed by atoms with Crippen LogP contribution in [0.15, 0.2) is 34.9 Å². The molecule has 0 N–H and O–H groups in total. The topological polar surface area (TPSA) is 88.9 Å². The van der Waals surface area contributed by atoms with Crippen LogP contribution in [0.5, 0.6) is 11.5 Å². The van der Waals surface area contributed by atoms with Gasteiger partial charge in [0.25, 0.3) is 11.8 Å². The average Bonchev–Trinajstić information content (AvgIpc) is 2.71. The van der Waals surface area contributed by atoms with Crippen molar-refractivity contribution in [3.8, 4) is 17.6 Å². The summed E-state index contributed by atoms with van der Waals surface area (Å²) in [6.07, 6.45) is 2.14. The van der Waals surface area contributed by atoms with Gasteiger partial charge in [0, 0.05) is 37.0 Å². The van der Waals surface area contributed by atoms with E-state index in [0.29, 0.717) is 42.3 Å². The monoisotopic (exact) mass is 384 g/mol. The second kappa shape index (κ2) is 9.72. The van der Waals surface area contributed by atoms with Gasteiger partial charge in [-0.1, -0.05) is 0 Å². The lowest BCUT2D eigenvalue weighted by Crippen LogP contribution is -2.43. The molecule has 1 aliphatic rings. The van der Waals surface area contributed by atoms with Crippen LogP contribution in [0.4, 0.5) is 0 Å². The SMILES string of the molecule is CCOCCCN1C(=O)C(C#N)=C(C)/C(=C\c2ccc(OC)cc2OC)C1=O. The number of hydrogen-bond acceptors (Lipinski definition) is 6. The van der Waals surface area contributed by atoms with E-state index in [4.69, 9.17) is 14.2 Å². The van der Waals surface area contributed by atoms with E-state index in [0.717, 1.165) is 4.90 Å². The highest BCUT2D eigenvalue weighted by Crippen LogP contribution is 2.31. The number of methoxy groups -OCH3 is 2. The molecule has 0 aliphatic carbocycles. The lowest BCUT2D eigenvalue weighted by atomic mass is 9.93. The fourth-order valence-electron chi connectivity index (χ4n) is 2.90. The molecule has 0 unspecified atom stereocenters. The number of benzene rings is 1. The normalized spacial score (nSPS) is 15.8. The number of hydrogen-bond donors (Lipinski definition) is 0. The summed E-state index contributed by atoms with van der Waals surface area (Å²) in [6.45, 7) is 4.66. The summed E-state index contributed by atoms with van der Waals surface area (Å²) < 4.78 is 15.8. The number of carbonyl (C=O) groups is 2. The molecule has 7 heteroatoms. The van der Waals surface area contributed by atoms with Crippen LogP contribution in [0.1, 0.15) is 25.8 Å². The number of carbonyl (C=O) groups excluding carboxylic acids is 2. The predicted octanol–water partition coefficient (Wildman–Crippen LogP) is 2.72. The highest BCUT2D eigenvalue weighted by molar-refractivity contribution is 6.19. The second-order valence-corrected chi connectivity index (χ2v) is 6.09. The van der Waals surface area contributed by atoms with Crippen molar-refractivity contribution in [3.05, 3.63) is 40.5 Å². The van der Waals surface area contributed by atoms with E-state index >= 15 is 0 Å². The number of imide groups is 1. The summed E-state index contributed by atoms with van der Waals surface area (Å²) in [7, 11) is 3.07. The maximum atomic E-state index is 13.0. The Morgan fingerprint density at radius 1 is 1.18 bits per heavy atom. The molecule has 0 aromatic heterocycles. The van der Waals surface area contributed by atoms with Crippen molar-refractivity contribution in [2.45, 2.75) is 20.3 Å². The van der Waals surface area contributed by atoms with E-state index in [1.807, 2.05) is 13.0 Å². The van der Waals surface area contributed by atoms with Crippen molar-refractivity contribution in [1.29, 1.82) is 5.26 Å². The van der Waals surface area contributed by atoms with Gasteiger partial charge in [0.2, 0.25) is 0 Å². The molecule has 0 fully saturated rings. The van der Waals surface area contributed by atoms with Gasteiger partial charge < -0.3 is 14.2 Å². The largest absolute Gasteiger partial charge is 0.497 e. The van der Waals surface area contributed by atoms with E-state index in [1.54, 1.807) is 38.3 Å². The van der Waals surface area contributed by atoms with Crippen molar-refractivity contribution in [2.24, 2.45) is 0 Å². The fourth-order valence-corrected chi connectivity index (χ4v) is 2.90. The first-order valence-electron chi connectivity index (χ1n) is 8.97. The first-order valence-corrected chi connectivity index (χ1v) is 8.97. The highest BCUT2D eigenvalue weighted by Gasteiger charge is 2.35. The molecule has 0 saturated heterocycles. The Morgan fingerprint density at radius 2 is 1.93 bits per heavy atom. The van der Waals surface area contributed by atoms with E-state index in [-0.39, 0.29) is 17.7 Å². The molecule has 1 aliphatic heterocycles. The summed E-state index contributed by atoms with van der Waals surface area (Å²) in [5, 5.41) is 9.44. The molecule has 0 atom stereocenters. The van der Waals surface area contributed by atoms with E-state index in [1.165, 1.54) is 7.11 Å². The molecule has 0 radical (unpaired) electrons. The van der Waals surface area contributed by atoms with Crippen LogP contribution in [-0.2, 0) is 14.3 Å². The minimum absolute atomic E-state index is 0.0326. The Bertz CT molecular complexity index is 864. The van der Waals surface area contributed by atoms with Crippen molar-refractivity contribution in [3.63, 3.8) is 0 Å². The Labute approximate surface area is 164 Å². The molecule has 1 heterocycles. The molecular weight excluding hydrogens is 360 g/mol. The van der Waals surface area contributed by atoms with Crippen LogP contribution in [-0.4, -0.2) is 50.7 Å². The van der Waals surface area contributed by atoms with Gasteiger partial charge in [-0.2, -0.15) is 5.26 Å². The molecule has 0 saturated carbocycles. The first kappa shape index (κ1) is 21.2. The number of rotatable bonds is 8. The summed E-state index contributed by atoms with van der Waals surface area (Å²) in [6, 6.07) is 7.14. The summed E-state index contributed by atoms with van der Waals surface area (Å²) in [5.74, 6) is 0.133. The van der Waals surface area contributed by atoms with Crippen molar-refractivity contribution in [2.75, 3.05) is 34.0 Å². The lowest BCUT2D eigenvalue weighted by molar-refractivity contribution is -0.140. The molecule has 1 aromatic rings. The fraction of sp³-hybridized carbons (Fsp3) is 0.381. The first-order chi connectivity index (χ1) is 13.5. The van der Waals surface area contributed by atoms with Gasteiger partial charge in [0.05, 0.1) is 14.2 Å². The van der Waals surface area contributed by atoms with Gasteiger partial charge in [0.1, 0.15) is 23.1 Å². The zero-order chi connectivity index (χ0) is 20.7. The van der Waals surface area contributed by atoms with Gasteiger partial charge >= 0.3 is 0 Å². The number of amides is 2. The molecule has 1 aromatic carbocycles. The van der Waals surface area contributed by atoms with Gasteiger partial charge in [-0.15, -0.1) is 0 Å². The Morgan fingerprint density at radius 3 is 2.54 bits per heavy atom. The van der Waals surface area contributed by atoms with Crippen LogP contribution < -0.4 is 9.47 Å². The third-order valence-corrected chi connectivity index (χ3v) is 4.44. The molecule has 0 spiro atoms. The quantitative estimate of drug-likeness (QED) is 0.389. The zero-order valence-corrected chi connectivity index (χ0v) is 16.6. The number of nitrogens with zero attached hydrogens (tertiary/aromatic N) is 2. The lowest BCUT2D eigenvalue weighted by Gasteiger charge is -2.27. The number of ether oxygens (including phenoxy) is 3. The van der Waals surface area contributed by atoms with Gasteiger partial charge in [-0.25, -0.2) is 0 Å². The van der Waals surface area contributed by atoms with Crippen LogP contribution in [0.3, 0.4) is 0 Å². The van der Waals surface area contributed by atoms with E-state index < -0.39 is 11.8 Å². The van der Waals surface area contributed by atoms with Crippen LogP contribution in [0.25, 0.3) is 6.08 Å². The maximum absolute atomic E-state index is 13.0. The predicted molar refractivity (Wildman–Crippen MR) is 104 cm³/mol. The van der Waals surface area contributed by atoms with Crippen LogP contribution in [0.2, 0.25) is 0 Å². The molecule has 2 rings (SSSR count). The number of nitriles is 1. The molecule has 2 amide bonds. The van der Waals surface area contributed by atoms with Crippen LogP contribution >= 0.6 is 0 Å². The van der Waals surface area contributed by atoms with Crippen molar-refractivity contribution in [1.82, 2.24) is 4.90 Å². The van der Waals surface area contributed by atoms with Gasteiger partial charge in [0.15, 0.2) is 0 Å².